The summed E-state index contributed by atoms with van der Waals surface area (Å²) in [7, 11) is 6.07. The molecule has 0 amide bonds. The van der Waals surface area contributed by atoms with Crippen molar-refractivity contribution in [2.24, 2.45) is 0 Å². The highest BCUT2D eigenvalue weighted by Gasteiger charge is 2.17. The van der Waals surface area contributed by atoms with Crippen LogP contribution in [-0.2, 0) is 0 Å². The van der Waals surface area contributed by atoms with Crippen molar-refractivity contribution in [1.29, 1.82) is 0 Å². The molecule has 0 aromatic heterocycles. The van der Waals surface area contributed by atoms with Crippen molar-refractivity contribution >= 4 is 23.3 Å². The zero-order valence-corrected chi connectivity index (χ0v) is 16.6. The topological polar surface area (TPSA) is 71.1 Å². The molecule has 2 aromatic carbocycles. The Morgan fingerprint density at radius 1 is 0.704 bits per heavy atom. The highest BCUT2D eigenvalue weighted by Crippen LogP contribution is 2.27. The molecule has 2 aromatic rings. The fourth-order valence-corrected chi connectivity index (χ4v) is 3.24. The van der Waals surface area contributed by atoms with Gasteiger partial charge in [-0.05, 0) is 36.4 Å². The van der Waals surface area contributed by atoms with Crippen molar-refractivity contribution in [2.75, 3.05) is 39.9 Å². The van der Waals surface area contributed by atoms with Gasteiger partial charge in [-0.25, -0.2) is 0 Å². The number of hydrogen-bond acceptors (Lipinski definition) is 7. The number of benzene rings is 2. The van der Waals surface area contributed by atoms with E-state index in [4.69, 9.17) is 18.9 Å². The summed E-state index contributed by atoms with van der Waals surface area (Å²) < 4.78 is 20.8. The molecule has 7 heteroatoms. The molecule has 0 N–H and O–H groups in total. The van der Waals surface area contributed by atoms with Crippen LogP contribution in [0.4, 0.5) is 0 Å². The van der Waals surface area contributed by atoms with E-state index in [9.17, 15) is 9.59 Å². The van der Waals surface area contributed by atoms with Gasteiger partial charge in [-0.1, -0.05) is 0 Å². The van der Waals surface area contributed by atoms with Crippen LogP contribution in [0, 0.1) is 0 Å². The van der Waals surface area contributed by atoms with Gasteiger partial charge in [0.25, 0.3) is 0 Å². The molecule has 0 spiro atoms. The lowest BCUT2D eigenvalue weighted by atomic mass is 10.1. The first-order valence-corrected chi connectivity index (χ1v) is 9.27. The number of carbonyl (C=O) groups is 2. The van der Waals surface area contributed by atoms with E-state index < -0.39 is 0 Å². The SMILES string of the molecule is COc1ccc(OC)c(C(=O)CSCC(=O)c2cc(OC)ccc2OC)c1. The Bertz CT molecular complexity index is 751. The Morgan fingerprint density at radius 3 is 1.44 bits per heavy atom. The Hall–Kier alpha value is -2.67. The van der Waals surface area contributed by atoms with Crippen molar-refractivity contribution in [3.63, 3.8) is 0 Å². The predicted octanol–water partition coefficient (Wildman–Crippen LogP) is 3.52. The zero-order chi connectivity index (χ0) is 19.8. The van der Waals surface area contributed by atoms with Gasteiger partial charge in [-0.2, -0.15) is 0 Å². The van der Waals surface area contributed by atoms with E-state index in [1.807, 2.05) is 0 Å². The Kier molecular flexibility index (Phi) is 7.55. The number of ketones is 2. The van der Waals surface area contributed by atoms with E-state index in [2.05, 4.69) is 0 Å². The maximum absolute atomic E-state index is 12.5. The fourth-order valence-electron chi connectivity index (χ4n) is 2.46. The molecule has 2 rings (SSSR count). The first-order valence-electron chi connectivity index (χ1n) is 8.12. The second-order valence-electron chi connectivity index (χ2n) is 5.47. The monoisotopic (exact) mass is 390 g/mol. The minimum absolute atomic E-state index is 0.138. The highest BCUT2D eigenvalue weighted by atomic mass is 32.2. The van der Waals surface area contributed by atoms with E-state index >= 15 is 0 Å². The molecule has 0 aliphatic rings. The molecule has 27 heavy (non-hydrogen) atoms. The number of rotatable bonds is 10. The van der Waals surface area contributed by atoms with Crippen molar-refractivity contribution in [3.05, 3.63) is 47.5 Å². The lowest BCUT2D eigenvalue weighted by molar-refractivity contribution is 0.101. The van der Waals surface area contributed by atoms with Crippen molar-refractivity contribution in [2.45, 2.75) is 0 Å². The van der Waals surface area contributed by atoms with Gasteiger partial charge in [0.05, 0.1) is 51.1 Å². The smallest absolute Gasteiger partial charge is 0.176 e. The second-order valence-corrected chi connectivity index (χ2v) is 6.46. The summed E-state index contributed by atoms with van der Waals surface area (Å²) in [6.45, 7) is 0. The molecule has 144 valence electrons. The van der Waals surface area contributed by atoms with Crippen LogP contribution in [0.25, 0.3) is 0 Å². The van der Waals surface area contributed by atoms with E-state index in [-0.39, 0.29) is 23.1 Å². The average molecular weight is 390 g/mol. The fraction of sp³-hybridized carbons (Fsp3) is 0.300. The van der Waals surface area contributed by atoms with Crippen LogP contribution < -0.4 is 18.9 Å². The molecule has 0 heterocycles. The summed E-state index contributed by atoms with van der Waals surface area (Å²) in [5.74, 6) is 2.10. The largest absolute Gasteiger partial charge is 0.497 e. The Morgan fingerprint density at radius 2 is 1.11 bits per heavy atom. The van der Waals surface area contributed by atoms with Crippen LogP contribution in [0.5, 0.6) is 23.0 Å². The quantitative estimate of drug-likeness (QED) is 0.575. The first kappa shape index (κ1) is 20.6. The van der Waals surface area contributed by atoms with E-state index in [1.165, 1.54) is 40.2 Å². The highest BCUT2D eigenvalue weighted by molar-refractivity contribution is 8.00. The van der Waals surface area contributed by atoms with E-state index in [0.29, 0.717) is 34.1 Å². The standard InChI is InChI=1S/C20H22O6S/c1-23-13-5-7-19(25-3)15(9-13)17(21)11-27-12-18(22)16-10-14(24-2)6-8-20(16)26-4/h5-10H,11-12H2,1-4H3. The number of carbonyl (C=O) groups excluding carboxylic acids is 2. The summed E-state index contributed by atoms with van der Waals surface area (Å²) in [5.41, 5.74) is 0.853. The molecular weight excluding hydrogens is 368 g/mol. The molecule has 0 unspecified atom stereocenters. The molecule has 6 nitrogen and oxygen atoms in total. The summed E-state index contributed by atoms with van der Waals surface area (Å²) in [6.07, 6.45) is 0. The minimum Gasteiger partial charge on any atom is -0.497 e. The van der Waals surface area contributed by atoms with Crippen LogP contribution in [0.1, 0.15) is 20.7 Å². The number of Topliss-reactive ketones (excluding diaryl/α,β-unsaturated/α-hetero) is 2. The molecule has 0 saturated heterocycles. The molecule has 0 aliphatic carbocycles. The van der Waals surface area contributed by atoms with Crippen LogP contribution in [0.2, 0.25) is 0 Å². The maximum atomic E-state index is 12.5. The van der Waals surface area contributed by atoms with Gasteiger partial charge in [0.1, 0.15) is 23.0 Å². The maximum Gasteiger partial charge on any atom is 0.176 e. The molecule has 0 saturated carbocycles. The lowest BCUT2D eigenvalue weighted by Gasteiger charge is -2.11. The molecule has 0 atom stereocenters. The molecule has 0 aliphatic heterocycles. The van der Waals surface area contributed by atoms with Gasteiger partial charge in [0, 0.05) is 0 Å². The van der Waals surface area contributed by atoms with Crippen LogP contribution >= 0.6 is 11.8 Å². The van der Waals surface area contributed by atoms with Gasteiger partial charge >= 0.3 is 0 Å². The molecule has 0 fully saturated rings. The summed E-state index contributed by atoms with van der Waals surface area (Å²) >= 11 is 1.23. The normalized spacial score (nSPS) is 10.2. The van der Waals surface area contributed by atoms with Gasteiger partial charge in [0.15, 0.2) is 11.6 Å². The van der Waals surface area contributed by atoms with Gasteiger partial charge in [-0.3, -0.25) is 9.59 Å². The summed E-state index contributed by atoms with van der Waals surface area (Å²) in [6, 6.07) is 10.1. The number of thioether (sulfide) groups is 1. The number of ether oxygens (including phenoxy) is 4. The third-order valence-electron chi connectivity index (χ3n) is 3.88. The molecular formula is C20H22O6S. The minimum atomic E-state index is -0.138. The van der Waals surface area contributed by atoms with Gasteiger partial charge in [0.2, 0.25) is 0 Å². The average Bonchev–Trinajstić information content (AvgIpc) is 2.72. The van der Waals surface area contributed by atoms with Gasteiger partial charge in [-0.15, -0.1) is 11.8 Å². The third kappa shape index (κ3) is 5.17. The Balaban J connectivity index is 2.04. The third-order valence-corrected chi connectivity index (χ3v) is 4.81. The number of hydrogen-bond donors (Lipinski definition) is 0. The predicted molar refractivity (Wildman–Crippen MR) is 105 cm³/mol. The zero-order valence-electron chi connectivity index (χ0n) is 15.7. The number of methoxy groups -OCH3 is 4. The van der Waals surface area contributed by atoms with E-state index in [1.54, 1.807) is 36.4 Å². The molecule has 0 bridgehead atoms. The molecule has 0 radical (unpaired) electrons. The van der Waals surface area contributed by atoms with E-state index in [0.717, 1.165) is 0 Å². The second kappa shape index (κ2) is 9.87. The van der Waals surface area contributed by atoms with Crippen molar-refractivity contribution in [3.8, 4) is 23.0 Å². The van der Waals surface area contributed by atoms with Crippen molar-refractivity contribution < 1.29 is 28.5 Å². The van der Waals surface area contributed by atoms with Crippen LogP contribution in [0.3, 0.4) is 0 Å². The Labute approximate surface area is 162 Å². The van der Waals surface area contributed by atoms with Crippen LogP contribution in [-0.4, -0.2) is 51.5 Å². The first-order chi connectivity index (χ1) is 13.0. The van der Waals surface area contributed by atoms with Crippen LogP contribution in [0.15, 0.2) is 36.4 Å². The lowest BCUT2D eigenvalue weighted by Crippen LogP contribution is -2.10. The summed E-state index contributed by atoms with van der Waals surface area (Å²) in [5, 5.41) is 0. The van der Waals surface area contributed by atoms with Crippen molar-refractivity contribution in [1.82, 2.24) is 0 Å². The van der Waals surface area contributed by atoms with Gasteiger partial charge < -0.3 is 18.9 Å². The summed E-state index contributed by atoms with van der Waals surface area (Å²) in [4.78, 5) is 25.0.